The molecule has 10 aromatic rings. The van der Waals surface area contributed by atoms with Crippen LogP contribution in [0.1, 0.15) is 25.0 Å². The summed E-state index contributed by atoms with van der Waals surface area (Å²) in [6.07, 6.45) is 0. The van der Waals surface area contributed by atoms with Gasteiger partial charge in [-0.3, -0.25) is 0 Å². The topological polar surface area (TPSA) is 29.5 Å². The lowest BCUT2D eigenvalue weighted by molar-refractivity contribution is 0.660. The third-order valence-electron chi connectivity index (χ3n) is 11.5. The SMILES string of the molecule is CC1(C)c2ccccc2-c2cc(N(c3ccccc3-c3ccc4c(c3)oc3ccccc34)c3ccccc3-c3cccc4oc5ccccc5c34)ccc21. The Hall–Kier alpha value is -6.84. The Morgan fingerprint density at radius 1 is 0.389 bits per heavy atom. The van der Waals surface area contributed by atoms with Gasteiger partial charge in [0.15, 0.2) is 0 Å². The Balaban J connectivity index is 1.18. The second-order valence-electron chi connectivity index (χ2n) is 14.9. The van der Waals surface area contributed by atoms with Crippen LogP contribution in [-0.4, -0.2) is 0 Å². The lowest BCUT2D eigenvalue weighted by Crippen LogP contribution is -2.16. The normalized spacial score (nSPS) is 13.1. The van der Waals surface area contributed by atoms with E-state index in [1.54, 1.807) is 0 Å². The summed E-state index contributed by atoms with van der Waals surface area (Å²) < 4.78 is 12.8. The molecule has 1 aliphatic carbocycles. The molecule has 54 heavy (non-hydrogen) atoms. The minimum absolute atomic E-state index is 0.0922. The molecular formula is C51H35NO2. The van der Waals surface area contributed by atoms with Crippen LogP contribution in [0.5, 0.6) is 0 Å². The maximum absolute atomic E-state index is 6.41. The van der Waals surface area contributed by atoms with Gasteiger partial charge < -0.3 is 13.7 Å². The Morgan fingerprint density at radius 3 is 1.80 bits per heavy atom. The highest BCUT2D eigenvalue weighted by Gasteiger charge is 2.36. The van der Waals surface area contributed by atoms with Crippen LogP contribution < -0.4 is 4.90 Å². The molecule has 2 aromatic heterocycles. The average molecular weight is 694 g/mol. The number of nitrogens with zero attached hydrogens (tertiary/aromatic N) is 1. The van der Waals surface area contributed by atoms with Crippen molar-refractivity contribution in [3.05, 3.63) is 187 Å². The van der Waals surface area contributed by atoms with E-state index in [0.717, 1.165) is 83.2 Å². The van der Waals surface area contributed by atoms with Gasteiger partial charge in [-0.25, -0.2) is 0 Å². The van der Waals surface area contributed by atoms with Gasteiger partial charge in [0, 0.05) is 43.8 Å². The first-order chi connectivity index (χ1) is 26.5. The molecule has 2 heterocycles. The van der Waals surface area contributed by atoms with Crippen LogP contribution in [0.25, 0.3) is 77.3 Å². The number of anilines is 3. The number of hydrogen-bond acceptors (Lipinski definition) is 3. The summed E-state index contributed by atoms with van der Waals surface area (Å²) in [6, 6.07) is 63.1. The van der Waals surface area contributed by atoms with Crippen molar-refractivity contribution in [2.24, 2.45) is 0 Å². The van der Waals surface area contributed by atoms with Gasteiger partial charge in [-0.1, -0.05) is 135 Å². The van der Waals surface area contributed by atoms with Crippen molar-refractivity contribution < 1.29 is 8.83 Å². The summed E-state index contributed by atoms with van der Waals surface area (Å²) in [6.45, 7) is 4.67. The molecule has 0 aliphatic heterocycles. The van der Waals surface area contributed by atoms with E-state index < -0.39 is 0 Å². The summed E-state index contributed by atoms with van der Waals surface area (Å²) in [5.41, 5.74) is 16.5. The van der Waals surface area contributed by atoms with E-state index in [4.69, 9.17) is 8.83 Å². The zero-order chi connectivity index (χ0) is 36.0. The molecule has 0 fully saturated rings. The van der Waals surface area contributed by atoms with Crippen LogP contribution in [0.2, 0.25) is 0 Å². The molecule has 0 atom stereocenters. The lowest BCUT2D eigenvalue weighted by atomic mass is 9.82. The van der Waals surface area contributed by atoms with Crippen molar-refractivity contribution in [3.63, 3.8) is 0 Å². The van der Waals surface area contributed by atoms with Gasteiger partial charge in [-0.15, -0.1) is 0 Å². The molecule has 3 nitrogen and oxygen atoms in total. The Morgan fingerprint density at radius 2 is 0.963 bits per heavy atom. The van der Waals surface area contributed by atoms with E-state index in [-0.39, 0.29) is 5.41 Å². The van der Waals surface area contributed by atoms with Gasteiger partial charge >= 0.3 is 0 Å². The maximum Gasteiger partial charge on any atom is 0.136 e. The Bertz CT molecular complexity index is 3100. The molecule has 0 amide bonds. The monoisotopic (exact) mass is 693 g/mol. The zero-order valence-corrected chi connectivity index (χ0v) is 30.0. The highest BCUT2D eigenvalue weighted by molar-refractivity contribution is 6.14. The van der Waals surface area contributed by atoms with Gasteiger partial charge in [0.2, 0.25) is 0 Å². The lowest BCUT2D eigenvalue weighted by Gasteiger charge is -2.31. The molecule has 11 rings (SSSR count). The minimum atomic E-state index is -0.0922. The summed E-state index contributed by atoms with van der Waals surface area (Å²) in [4.78, 5) is 2.45. The second-order valence-corrected chi connectivity index (χ2v) is 14.9. The first-order valence-electron chi connectivity index (χ1n) is 18.6. The number of rotatable bonds is 5. The third-order valence-corrected chi connectivity index (χ3v) is 11.5. The Labute approximate surface area is 313 Å². The standard InChI is InChI=1S/C51H35NO2/c1-51(2)42-20-8-3-15-35(42)41-31-33(27-29-43(41)51)52(44-21-9-4-14-34(44)32-26-28-38-37-17-6-11-23-46(37)54-49(38)30-32)45-22-10-5-16-36(45)39-19-13-25-48-50(39)40-18-7-12-24-47(40)53-48/h3-31H,1-2H3. The van der Waals surface area contributed by atoms with Gasteiger partial charge in [0.05, 0.1) is 11.4 Å². The van der Waals surface area contributed by atoms with Crippen LogP contribution in [0, 0.1) is 0 Å². The number of fused-ring (bicyclic) bond motifs is 9. The van der Waals surface area contributed by atoms with Crippen LogP contribution >= 0.6 is 0 Å². The molecule has 0 saturated carbocycles. The molecule has 0 saturated heterocycles. The fourth-order valence-electron chi connectivity index (χ4n) is 8.96. The van der Waals surface area contributed by atoms with E-state index in [1.165, 1.54) is 22.3 Å². The highest BCUT2D eigenvalue weighted by atomic mass is 16.3. The van der Waals surface area contributed by atoms with Gasteiger partial charge in [-0.2, -0.15) is 0 Å². The van der Waals surface area contributed by atoms with Crippen LogP contribution in [0.15, 0.2) is 185 Å². The second kappa shape index (κ2) is 11.6. The molecule has 0 radical (unpaired) electrons. The molecule has 0 unspecified atom stereocenters. The number of para-hydroxylation sites is 4. The van der Waals surface area contributed by atoms with Crippen molar-refractivity contribution in [2.45, 2.75) is 19.3 Å². The van der Waals surface area contributed by atoms with Crippen molar-refractivity contribution in [2.75, 3.05) is 4.90 Å². The van der Waals surface area contributed by atoms with Gasteiger partial charge in [-0.05, 0) is 88.0 Å². The maximum atomic E-state index is 6.41. The van der Waals surface area contributed by atoms with E-state index in [0.29, 0.717) is 0 Å². The van der Waals surface area contributed by atoms with Crippen molar-refractivity contribution in [1.82, 2.24) is 0 Å². The van der Waals surface area contributed by atoms with Crippen molar-refractivity contribution in [1.29, 1.82) is 0 Å². The third kappa shape index (κ3) is 4.48. The van der Waals surface area contributed by atoms with Gasteiger partial charge in [0.1, 0.15) is 22.3 Å². The molecule has 0 N–H and O–H groups in total. The molecule has 1 aliphatic rings. The quantitative estimate of drug-likeness (QED) is 0.180. The average Bonchev–Trinajstić information content (AvgIpc) is 3.86. The van der Waals surface area contributed by atoms with Crippen LogP contribution in [-0.2, 0) is 5.41 Å². The van der Waals surface area contributed by atoms with Gasteiger partial charge in [0.25, 0.3) is 0 Å². The smallest absolute Gasteiger partial charge is 0.136 e. The number of benzene rings is 8. The summed E-state index contributed by atoms with van der Waals surface area (Å²) in [5.74, 6) is 0. The highest BCUT2D eigenvalue weighted by Crippen LogP contribution is 2.52. The van der Waals surface area contributed by atoms with Crippen LogP contribution in [0.4, 0.5) is 17.1 Å². The first-order valence-corrected chi connectivity index (χ1v) is 18.6. The summed E-state index contributed by atoms with van der Waals surface area (Å²) in [5, 5.41) is 4.48. The van der Waals surface area contributed by atoms with E-state index in [2.05, 4.69) is 176 Å². The fraction of sp³-hybridized carbons (Fsp3) is 0.0588. The van der Waals surface area contributed by atoms with Crippen LogP contribution in [0.3, 0.4) is 0 Å². The van der Waals surface area contributed by atoms with E-state index >= 15 is 0 Å². The first kappa shape index (κ1) is 30.8. The number of hydrogen-bond donors (Lipinski definition) is 0. The Kier molecular flexibility index (Phi) is 6.60. The van der Waals surface area contributed by atoms with Crippen molar-refractivity contribution in [3.8, 4) is 33.4 Å². The summed E-state index contributed by atoms with van der Waals surface area (Å²) >= 11 is 0. The number of furan rings is 2. The predicted molar refractivity (Wildman–Crippen MR) is 224 cm³/mol. The zero-order valence-electron chi connectivity index (χ0n) is 30.0. The predicted octanol–water partition coefficient (Wildman–Crippen LogP) is 14.6. The molecule has 256 valence electrons. The van der Waals surface area contributed by atoms with E-state index in [9.17, 15) is 0 Å². The summed E-state index contributed by atoms with van der Waals surface area (Å²) in [7, 11) is 0. The molecule has 0 bridgehead atoms. The molecule has 8 aromatic carbocycles. The molecular weight excluding hydrogens is 659 g/mol. The minimum Gasteiger partial charge on any atom is -0.456 e. The fourth-order valence-corrected chi connectivity index (χ4v) is 8.96. The largest absolute Gasteiger partial charge is 0.456 e. The van der Waals surface area contributed by atoms with E-state index in [1.807, 2.05) is 18.2 Å². The molecule has 3 heteroatoms. The van der Waals surface area contributed by atoms with Crippen molar-refractivity contribution >= 4 is 60.9 Å². The molecule has 0 spiro atoms.